The molecule has 0 spiro atoms. The molecule has 0 unspecified atom stereocenters. The highest BCUT2D eigenvalue weighted by Crippen LogP contribution is 2.32. The molecule has 1 amide bonds. The average molecular weight is 526 g/mol. The quantitative estimate of drug-likeness (QED) is 0.466. The maximum Gasteiger partial charge on any atom is 0.422 e. The van der Waals surface area contributed by atoms with E-state index in [1.165, 1.54) is 28.9 Å². The molecule has 1 saturated heterocycles. The van der Waals surface area contributed by atoms with E-state index in [0.717, 1.165) is 12.3 Å². The summed E-state index contributed by atoms with van der Waals surface area (Å²) in [6.45, 7) is 0.182. The number of nitrogens with one attached hydrogen (secondary N) is 1. The molecule has 0 atom stereocenters. The van der Waals surface area contributed by atoms with Gasteiger partial charge in [0.15, 0.2) is 24.3 Å². The van der Waals surface area contributed by atoms with E-state index in [1.807, 2.05) is 0 Å². The Labute approximate surface area is 203 Å². The second-order valence-corrected chi connectivity index (χ2v) is 10.9. The number of hydrogen-bond donors (Lipinski definition) is 1. The van der Waals surface area contributed by atoms with Crippen molar-refractivity contribution in [1.29, 1.82) is 0 Å². The molecule has 4 rings (SSSR count). The fourth-order valence-corrected chi connectivity index (χ4v) is 5.29. The minimum atomic E-state index is -4.61. The number of ether oxygens (including phenoxy) is 2. The lowest BCUT2D eigenvalue weighted by molar-refractivity contribution is -0.153. The number of alkyl halides is 3. The molecule has 4 heterocycles. The molecule has 10 nitrogen and oxygen atoms in total. The lowest BCUT2D eigenvalue weighted by Crippen LogP contribution is -2.51. The van der Waals surface area contributed by atoms with Crippen molar-refractivity contribution in [3.8, 4) is 17.4 Å². The van der Waals surface area contributed by atoms with Gasteiger partial charge in [-0.05, 0) is 38.0 Å². The number of carbonyl (C=O) groups is 2. The summed E-state index contributed by atoms with van der Waals surface area (Å²) in [4.78, 5) is 27.6. The van der Waals surface area contributed by atoms with Crippen LogP contribution in [0.4, 0.5) is 13.2 Å². The van der Waals surface area contributed by atoms with Crippen molar-refractivity contribution >= 4 is 27.5 Å². The number of halogens is 3. The van der Waals surface area contributed by atoms with Gasteiger partial charge in [-0.2, -0.15) is 18.3 Å². The van der Waals surface area contributed by atoms with E-state index < -0.39 is 34.1 Å². The third-order valence-electron chi connectivity index (χ3n) is 5.59. The molecule has 1 fully saturated rings. The number of aldehydes is 1. The topological polar surface area (TPSA) is 129 Å². The van der Waals surface area contributed by atoms with Crippen molar-refractivity contribution in [2.45, 2.75) is 31.5 Å². The second-order valence-electron chi connectivity index (χ2n) is 8.62. The average Bonchev–Trinajstić information content (AvgIpc) is 3.24. The van der Waals surface area contributed by atoms with Gasteiger partial charge in [-0.25, -0.2) is 17.9 Å². The zero-order valence-corrected chi connectivity index (χ0v) is 19.7. The second kappa shape index (κ2) is 9.41. The highest BCUT2D eigenvalue weighted by Gasteiger charge is 2.35. The molecule has 1 aliphatic rings. The largest absolute Gasteiger partial charge is 0.478 e. The molecule has 0 saturated carbocycles. The van der Waals surface area contributed by atoms with E-state index in [9.17, 15) is 31.2 Å². The zero-order valence-electron chi connectivity index (χ0n) is 18.9. The first-order valence-corrected chi connectivity index (χ1v) is 12.5. The molecule has 0 radical (unpaired) electrons. The number of pyridine rings is 2. The van der Waals surface area contributed by atoms with Crippen LogP contribution in [0.1, 0.15) is 40.6 Å². The predicted octanol–water partition coefficient (Wildman–Crippen LogP) is 2.97. The molecule has 0 bridgehead atoms. The van der Waals surface area contributed by atoms with E-state index in [0.29, 0.717) is 24.6 Å². The monoisotopic (exact) mass is 526 g/mol. The van der Waals surface area contributed by atoms with Gasteiger partial charge in [0.1, 0.15) is 15.6 Å². The summed E-state index contributed by atoms with van der Waals surface area (Å²) in [5.74, 6) is -0.975. The fraction of sp³-hybridized carbons (Fsp3) is 0.364. The molecule has 3 aromatic heterocycles. The van der Waals surface area contributed by atoms with Crippen molar-refractivity contribution in [3.63, 3.8) is 0 Å². The Morgan fingerprint density at radius 2 is 1.97 bits per heavy atom. The molecule has 14 heteroatoms. The van der Waals surface area contributed by atoms with Gasteiger partial charge in [0.25, 0.3) is 11.8 Å². The van der Waals surface area contributed by atoms with Gasteiger partial charge in [-0.3, -0.25) is 9.59 Å². The van der Waals surface area contributed by atoms with E-state index in [-0.39, 0.29) is 40.1 Å². The molecule has 0 aliphatic carbocycles. The number of amides is 1. The molecule has 1 aliphatic heterocycles. The minimum absolute atomic E-state index is 0.00526. The summed E-state index contributed by atoms with van der Waals surface area (Å²) >= 11 is 0. The van der Waals surface area contributed by atoms with Crippen LogP contribution in [0.5, 0.6) is 17.4 Å². The minimum Gasteiger partial charge on any atom is -0.478 e. The Hall–Kier alpha value is -3.68. The highest BCUT2D eigenvalue weighted by atomic mass is 32.2. The SMILES string of the molecule is CC1(NC(=O)c2cc3cc(Oc4ncc(C=O)cc4OCC(F)(F)F)ccn3n2)CCS(=O)(=O)CC1. The number of fused-ring (bicyclic) bond motifs is 1. The van der Waals surface area contributed by atoms with Crippen molar-refractivity contribution in [1.82, 2.24) is 19.9 Å². The molecular weight excluding hydrogens is 505 g/mol. The Bertz CT molecular complexity index is 1410. The van der Waals surface area contributed by atoms with Crippen LogP contribution in [-0.4, -0.2) is 65.0 Å². The van der Waals surface area contributed by atoms with Crippen LogP contribution in [-0.2, 0) is 9.84 Å². The van der Waals surface area contributed by atoms with Gasteiger partial charge in [-0.1, -0.05) is 0 Å². The number of carbonyl (C=O) groups excluding carboxylic acids is 2. The number of aromatic nitrogens is 3. The van der Waals surface area contributed by atoms with Crippen LogP contribution in [0.15, 0.2) is 36.7 Å². The molecular formula is C22H21F3N4O6S. The van der Waals surface area contributed by atoms with Crippen LogP contribution < -0.4 is 14.8 Å². The normalized spacial score (nSPS) is 16.9. The standard InChI is InChI=1S/C22H21F3N4O6S/c1-21(3-6-36(32,33)7-4-21)27-19(31)17-10-15-9-16(2-5-29(15)28-17)35-20-18(34-13-22(23,24)25)8-14(12-30)11-26-20/h2,5,8-12H,3-4,6-7,13H2,1H3,(H,27,31). The summed E-state index contributed by atoms with van der Waals surface area (Å²) < 4.78 is 72.9. The predicted molar refractivity (Wildman–Crippen MR) is 120 cm³/mol. The smallest absolute Gasteiger partial charge is 0.422 e. The third-order valence-corrected chi connectivity index (χ3v) is 7.25. The molecule has 192 valence electrons. The van der Waals surface area contributed by atoms with Crippen LogP contribution in [0.2, 0.25) is 0 Å². The molecule has 36 heavy (non-hydrogen) atoms. The van der Waals surface area contributed by atoms with Crippen LogP contribution >= 0.6 is 0 Å². The first-order chi connectivity index (χ1) is 16.8. The Kier molecular flexibility index (Phi) is 6.64. The van der Waals surface area contributed by atoms with Crippen molar-refractivity contribution in [2.75, 3.05) is 18.1 Å². The number of nitrogens with zero attached hydrogens (tertiary/aromatic N) is 3. The zero-order chi connectivity index (χ0) is 26.1. The van der Waals surface area contributed by atoms with E-state index in [2.05, 4.69) is 15.4 Å². The Morgan fingerprint density at radius 1 is 1.25 bits per heavy atom. The van der Waals surface area contributed by atoms with E-state index >= 15 is 0 Å². The third kappa shape index (κ3) is 6.11. The first kappa shape index (κ1) is 25.4. The van der Waals surface area contributed by atoms with Crippen LogP contribution in [0.3, 0.4) is 0 Å². The fourth-order valence-electron chi connectivity index (χ4n) is 3.56. The summed E-state index contributed by atoms with van der Waals surface area (Å²) in [6, 6.07) is 5.51. The Balaban J connectivity index is 1.52. The Morgan fingerprint density at radius 3 is 2.64 bits per heavy atom. The lowest BCUT2D eigenvalue weighted by Gasteiger charge is -2.34. The number of sulfone groups is 1. The van der Waals surface area contributed by atoms with Crippen molar-refractivity contribution in [2.24, 2.45) is 0 Å². The first-order valence-electron chi connectivity index (χ1n) is 10.7. The van der Waals surface area contributed by atoms with Gasteiger partial charge in [-0.15, -0.1) is 0 Å². The lowest BCUT2D eigenvalue weighted by atomic mass is 9.94. The van der Waals surface area contributed by atoms with Gasteiger partial charge >= 0.3 is 6.18 Å². The van der Waals surface area contributed by atoms with Gasteiger partial charge in [0.2, 0.25) is 0 Å². The van der Waals surface area contributed by atoms with E-state index in [4.69, 9.17) is 9.47 Å². The van der Waals surface area contributed by atoms with Crippen molar-refractivity contribution in [3.05, 3.63) is 47.9 Å². The summed E-state index contributed by atoms with van der Waals surface area (Å²) in [5, 5.41) is 7.06. The van der Waals surface area contributed by atoms with Gasteiger partial charge in [0.05, 0.1) is 17.0 Å². The summed E-state index contributed by atoms with van der Waals surface area (Å²) in [6.07, 6.45) is -1.01. The number of hydrogen-bond acceptors (Lipinski definition) is 8. The van der Waals surface area contributed by atoms with Crippen LogP contribution in [0.25, 0.3) is 5.52 Å². The molecule has 0 aromatic carbocycles. The van der Waals surface area contributed by atoms with Crippen LogP contribution in [0, 0.1) is 0 Å². The molecule has 3 aromatic rings. The number of rotatable bonds is 7. The van der Waals surface area contributed by atoms with Gasteiger partial charge < -0.3 is 14.8 Å². The highest BCUT2D eigenvalue weighted by molar-refractivity contribution is 7.91. The summed E-state index contributed by atoms with van der Waals surface area (Å²) in [7, 11) is -3.10. The van der Waals surface area contributed by atoms with Crippen molar-refractivity contribution < 1.29 is 40.7 Å². The summed E-state index contributed by atoms with van der Waals surface area (Å²) in [5.41, 5.74) is -0.148. The van der Waals surface area contributed by atoms with E-state index in [1.54, 1.807) is 6.92 Å². The maximum atomic E-state index is 12.8. The maximum absolute atomic E-state index is 12.8. The molecule has 1 N–H and O–H groups in total. The van der Waals surface area contributed by atoms with Gasteiger partial charge in [0, 0.05) is 29.6 Å².